The number of benzene rings is 2. The van der Waals surface area contributed by atoms with Crippen LogP contribution in [0.2, 0.25) is 5.04 Å². The maximum absolute atomic E-state index is 12.4. The Labute approximate surface area is 188 Å². The number of hydrogen-bond donors (Lipinski definition) is 0. The van der Waals surface area contributed by atoms with Crippen molar-refractivity contribution < 1.29 is 18.7 Å². The third-order valence-electron chi connectivity index (χ3n) is 6.26. The van der Waals surface area contributed by atoms with Crippen molar-refractivity contribution in [3.05, 3.63) is 60.7 Å². The Morgan fingerprint density at radius 1 is 1.03 bits per heavy atom. The molecule has 5 heteroatoms. The summed E-state index contributed by atoms with van der Waals surface area (Å²) in [5.74, 6) is 0.0110. The second kappa shape index (κ2) is 10.1. The third-order valence-corrected chi connectivity index (χ3v) is 11.3. The van der Waals surface area contributed by atoms with Gasteiger partial charge < -0.3 is 13.9 Å². The number of carbonyl (C=O) groups is 1. The number of ether oxygens (including phenoxy) is 2. The molecule has 168 valence electrons. The van der Waals surface area contributed by atoms with E-state index in [2.05, 4.69) is 81.4 Å². The van der Waals surface area contributed by atoms with Crippen molar-refractivity contribution >= 4 is 24.7 Å². The second-order valence-corrected chi connectivity index (χ2v) is 13.6. The molecule has 0 aromatic heterocycles. The second-order valence-electron chi connectivity index (χ2n) is 9.36. The van der Waals surface area contributed by atoms with Gasteiger partial charge in [-0.3, -0.25) is 4.79 Å². The number of hydrogen-bond acceptors (Lipinski definition) is 4. The molecule has 0 N–H and O–H groups in total. The van der Waals surface area contributed by atoms with Crippen LogP contribution in [0.25, 0.3) is 0 Å². The Morgan fingerprint density at radius 2 is 1.58 bits per heavy atom. The van der Waals surface area contributed by atoms with Crippen LogP contribution in [0, 0.1) is 11.8 Å². The van der Waals surface area contributed by atoms with Gasteiger partial charge in [0.1, 0.15) is 0 Å². The molecule has 0 radical (unpaired) electrons. The first kappa shape index (κ1) is 23.7. The van der Waals surface area contributed by atoms with E-state index in [0.29, 0.717) is 13.2 Å². The fraction of sp³-hybridized carbons (Fsp3) is 0.500. The molecule has 1 aliphatic rings. The monoisotopic (exact) mass is 440 g/mol. The lowest BCUT2D eigenvalue weighted by Gasteiger charge is -2.45. The van der Waals surface area contributed by atoms with Gasteiger partial charge in [-0.1, -0.05) is 81.4 Å². The fourth-order valence-electron chi connectivity index (χ4n) is 4.66. The zero-order valence-corrected chi connectivity index (χ0v) is 20.5. The minimum Gasteiger partial charge on any atom is -0.466 e. The maximum Gasteiger partial charge on any atom is 0.309 e. The predicted octanol–water partition coefficient (Wildman–Crippen LogP) is 4.17. The van der Waals surface area contributed by atoms with Crippen molar-refractivity contribution in [1.29, 1.82) is 0 Å². The molecule has 3 atom stereocenters. The largest absolute Gasteiger partial charge is 0.466 e. The predicted molar refractivity (Wildman–Crippen MR) is 127 cm³/mol. The lowest BCUT2D eigenvalue weighted by atomic mass is 10.1. The lowest BCUT2D eigenvalue weighted by Crippen LogP contribution is -2.68. The zero-order chi connectivity index (χ0) is 22.5. The summed E-state index contributed by atoms with van der Waals surface area (Å²) in [7, 11) is -0.958. The number of esters is 1. The van der Waals surface area contributed by atoms with Crippen LogP contribution in [0.1, 0.15) is 40.5 Å². The van der Waals surface area contributed by atoms with Crippen LogP contribution in [-0.2, 0) is 18.7 Å². The highest BCUT2D eigenvalue weighted by atomic mass is 28.4. The Morgan fingerprint density at radius 3 is 2.03 bits per heavy atom. The molecule has 0 saturated heterocycles. The quantitative estimate of drug-likeness (QED) is 0.411. The molecule has 1 aliphatic carbocycles. The summed E-state index contributed by atoms with van der Waals surface area (Å²) in [6, 6.07) is 21.3. The van der Waals surface area contributed by atoms with Crippen LogP contribution in [-0.4, -0.2) is 40.7 Å². The standard InChI is InChI=1S/C26H36O4Si/c1-6-29-25(27)23-19-22(23)24(17-18-28-5)30-31(26(2,3)4,20-13-9-7-10-14-20)21-15-11-8-12-16-21/h7-16,22-24H,6,17-19H2,1-5H3/t22-,23-,24?/m1/s1. The molecule has 2 aromatic carbocycles. The molecule has 0 heterocycles. The topological polar surface area (TPSA) is 44.8 Å². The van der Waals surface area contributed by atoms with Gasteiger partial charge in [0.2, 0.25) is 0 Å². The van der Waals surface area contributed by atoms with Crippen LogP contribution in [0.3, 0.4) is 0 Å². The summed E-state index contributed by atoms with van der Waals surface area (Å²) in [6.45, 7) is 9.72. The Balaban J connectivity index is 2.04. The molecule has 0 bridgehead atoms. The maximum atomic E-state index is 12.4. The van der Waals surface area contributed by atoms with Crippen molar-refractivity contribution in [2.45, 2.75) is 51.7 Å². The molecule has 1 saturated carbocycles. The lowest BCUT2D eigenvalue weighted by molar-refractivity contribution is -0.145. The van der Waals surface area contributed by atoms with E-state index in [-0.39, 0.29) is 28.9 Å². The highest BCUT2D eigenvalue weighted by Crippen LogP contribution is 2.47. The average Bonchev–Trinajstić information content (AvgIpc) is 3.56. The molecule has 0 spiro atoms. The van der Waals surface area contributed by atoms with E-state index in [1.54, 1.807) is 7.11 Å². The highest BCUT2D eigenvalue weighted by molar-refractivity contribution is 6.99. The van der Waals surface area contributed by atoms with Crippen molar-refractivity contribution in [3.63, 3.8) is 0 Å². The van der Waals surface area contributed by atoms with Gasteiger partial charge in [-0.15, -0.1) is 0 Å². The van der Waals surface area contributed by atoms with E-state index in [1.807, 2.05) is 6.92 Å². The number of rotatable bonds is 10. The summed E-state index contributed by atoms with van der Waals surface area (Å²) >= 11 is 0. The normalized spacial score (nSPS) is 19.6. The average molecular weight is 441 g/mol. The Bertz CT molecular complexity index is 792. The fourth-order valence-corrected chi connectivity index (χ4v) is 9.42. The summed E-state index contributed by atoms with van der Waals surface area (Å²) in [4.78, 5) is 12.4. The van der Waals surface area contributed by atoms with Crippen LogP contribution in [0.15, 0.2) is 60.7 Å². The SMILES string of the molecule is CCOC(=O)[C@@H]1C[C@H]1C(CCOC)O[Si](c1ccccc1)(c1ccccc1)C(C)(C)C. The summed E-state index contributed by atoms with van der Waals surface area (Å²) in [5, 5.41) is 2.41. The smallest absolute Gasteiger partial charge is 0.309 e. The van der Waals surface area contributed by atoms with Gasteiger partial charge in [-0.25, -0.2) is 0 Å². The first-order valence-electron chi connectivity index (χ1n) is 11.3. The summed E-state index contributed by atoms with van der Waals surface area (Å²) < 4.78 is 18.0. The molecule has 1 unspecified atom stereocenters. The highest BCUT2D eigenvalue weighted by Gasteiger charge is 2.56. The van der Waals surface area contributed by atoms with E-state index in [0.717, 1.165) is 12.8 Å². The summed E-state index contributed by atoms with van der Waals surface area (Å²) in [6.07, 6.45) is 1.54. The Hall–Kier alpha value is -1.95. The molecular weight excluding hydrogens is 404 g/mol. The minimum atomic E-state index is -2.68. The molecular formula is C26H36O4Si. The van der Waals surface area contributed by atoms with Crippen LogP contribution >= 0.6 is 0 Å². The van der Waals surface area contributed by atoms with Crippen molar-refractivity contribution in [2.24, 2.45) is 11.8 Å². The third kappa shape index (κ3) is 5.11. The Kier molecular flexibility index (Phi) is 7.73. The molecule has 2 aromatic rings. The van der Waals surface area contributed by atoms with Crippen molar-refractivity contribution in [3.8, 4) is 0 Å². The van der Waals surface area contributed by atoms with Crippen LogP contribution in [0.5, 0.6) is 0 Å². The molecule has 31 heavy (non-hydrogen) atoms. The molecule has 0 amide bonds. The van der Waals surface area contributed by atoms with Gasteiger partial charge in [0.15, 0.2) is 0 Å². The van der Waals surface area contributed by atoms with Crippen LogP contribution < -0.4 is 10.4 Å². The molecule has 3 rings (SSSR count). The summed E-state index contributed by atoms with van der Waals surface area (Å²) in [5.41, 5.74) is 0. The van der Waals surface area contributed by atoms with Crippen LogP contribution in [0.4, 0.5) is 0 Å². The number of methoxy groups -OCH3 is 1. The minimum absolute atomic E-state index is 0.0549. The van der Waals surface area contributed by atoms with E-state index in [4.69, 9.17) is 13.9 Å². The van der Waals surface area contributed by atoms with E-state index < -0.39 is 8.32 Å². The zero-order valence-electron chi connectivity index (χ0n) is 19.5. The van der Waals surface area contributed by atoms with Gasteiger partial charge >= 0.3 is 5.97 Å². The molecule has 1 fully saturated rings. The van der Waals surface area contributed by atoms with Gasteiger partial charge in [-0.2, -0.15) is 0 Å². The van der Waals surface area contributed by atoms with Gasteiger partial charge in [0.25, 0.3) is 8.32 Å². The first-order chi connectivity index (χ1) is 14.8. The van der Waals surface area contributed by atoms with Crippen molar-refractivity contribution in [1.82, 2.24) is 0 Å². The molecule has 4 nitrogen and oxygen atoms in total. The first-order valence-corrected chi connectivity index (χ1v) is 13.2. The van der Waals surface area contributed by atoms with Crippen molar-refractivity contribution in [2.75, 3.05) is 20.3 Å². The van der Waals surface area contributed by atoms with Gasteiger partial charge in [0, 0.05) is 13.7 Å². The van der Waals surface area contributed by atoms with E-state index >= 15 is 0 Å². The van der Waals surface area contributed by atoms with Gasteiger partial charge in [0.05, 0.1) is 18.6 Å². The molecule has 0 aliphatic heterocycles. The van der Waals surface area contributed by atoms with E-state index in [1.165, 1.54) is 10.4 Å². The van der Waals surface area contributed by atoms with Gasteiger partial charge in [-0.05, 0) is 41.1 Å². The number of carbonyl (C=O) groups excluding carboxylic acids is 1. The van der Waals surface area contributed by atoms with E-state index in [9.17, 15) is 4.79 Å².